The van der Waals surface area contributed by atoms with Crippen LogP contribution in [0.15, 0.2) is 18.2 Å². The monoisotopic (exact) mass is 390 g/mol. The molecule has 1 aliphatic heterocycles. The highest BCUT2D eigenvalue weighted by molar-refractivity contribution is 5.93. The van der Waals surface area contributed by atoms with Crippen LogP contribution < -0.4 is 11.1 Å². The lowest BCUT2D eigenvalue weighted by atomic mass is 10.2. The number of nitrogens with one attached hydrogen (secondary N) is 2. The van der Waals surface area contributed by atoms with Crippen LogP contribution in [0.1, 0.15) is 31.2 Å². The summed E-state index contributed by atoms with van der Waals surface area (Å²) in [6.07, 6.45) is 2.06. The van der Waals surface area contributed by atoms with Gasteiger partial charge in [-0.25, -0.2) is 4.98 Å². The maximum Gasteiger partial charge on any atom is 0.227 e. The van der Waals surface area contributed by atoms with E-state index < -0.39 is 0 Å². The molecule has 9 heteroatoms. The first-order valence-electron chi connectivity index (χ1n) is 7.83. The summed E-state index contributed by atoms with van der Waals surface area (Å²) in [5.74, 6) is 0.726. The molecular formula is C16H24Cl2N4O3. The van der Waals surface area contributed by atoms with Crippen LogP contribution in [-0.4, -0.2) is 42.2 Å². The average Bonchev–Trinajstić information content (AvgIpc) is 3.20. The van der Waals surface area contributed by atoms with Crippen LogP contribution in [0.2, 0.25) is 0 Å². The SMILES string of the molecule is COC(CN)CC(=O)Nc1ccc2nc(C3CCCO3)[nH]c2c1.Cl.Cl. The second-order valence-corrected chi connectivity index (χ2v) is 5.70. The zero-order chi connectivity index (χ0) is 16.2. The topological polar surface area (TPSA) is 102 Å². The van der Waals surface area contributed by atoms with Gasteiger partial charge in [0.25, 0.3) is 0 Å². The highest BCUT2D eigenvalue weighted by atomic mass is 35.5. The van der Waals surface area contributed by atoms with Crippen molar-refractivity contribution in [3.8, 4) is 0 Å². The third kappa shape index (κ3) is 5.29. The van der Waals surface area contributed by atoms with E-state index in [0.717, 1.165) is 42.0 Å². The lowest BCUT2D eigenvalue weighted by molar-refractivity contribution is -0.118. The number of carbonyl (C=O) groups excluding carboxylic acids is 1. The van der Waals surface area contributed by atoms with Crippen LogP contribution in [0.3, 0.4) is 0 Å². The van der Waals surface area contributed by atoms with Crippen LogP contribution in [0.5, 0.6) is 0 Å². The second kappa shape index (κ2) is 9.94. The number of imidazole rings is 1. The molecule has 4 N–H and O–H groups in total. The fourth-order valence-electron chi connectivity index (χ4n) is 2.73. The summed E-state index contributed by atoms with van der Waals surface area (Å²) in [5.41, 5.74) is 8.00. The number of hydrogen-bond donors (Lipinski definition) is 3. The lowest BCUT2D eigenvalue weighted by Gasteiger charge is -2.12. The van der Waals surface area contributed by atoms with Crippen molar-refractivity contribution in [3.63, 3.8) is 0 Å². The molecule has 0 bridgehead atoms. The highest BCUT2D eigenvalue weighted by Gasteiger charge is 2.21. The van der Waals surface area contributed by atoms with E-state index in [-0.39, 0.29) is 49.4 Å². The lowest BCUT2D eigenvalue weighted by Crippen LogP contribution is -2.28. The summed E-state index contributed by atoms with van der Waals surface area (Å²) in [6.45, 7) is 1.10. The van der Waals surface area contributed by atoms with Crippen molar-refractivity contribution in [2.45, 2.75) is 31.5 Å². The molecule has 1 saturated heterocycles. The van der Waals surface area contributed by atoms with Gasteiger partial charge in [-0.3, -0.25) is 4.79 Å². The minimum absolute atomic E-state index is 0. The van der Waals surface area contributed by atoms with Gasteiger partial charge in [0, 0.05) is 25.9 Å². The Morgan fingerprint density at radius 1 is 1.52 bits per heavy atom. The first-order chi connectivity index (χ1) is 11.2. The first kappa shape index (κ1) is 21.7. The average molecular weight is 391 g/mol. The molecule has 0 saturated carbocycles. The number of amides is 1. The number of H-pyrrole nitrogens is 1. The number of benzene rings is 1. The largest absolute Gasteiger partial charge is 0.380 e. The number of methoxy groups -OCH3 is 1. The molecule has 2 heterocycles. The van der Waals surface area contributed by atoms with Crippen LogP contribution in [0, 0.1) is 0 Å². The molecule has 1 amide bonds. The normalized spacial score (nSPS) is 17.6. The fourth-order valence-corrected chi connectivity index (χ4v) is 2.73. The molecule has 1 aliphatic rings. The number of hydrogen-bond acceptors (Lipinski definition) is 5. The number of rotatable bonds is 6. The van der Waals surface area contributed by atoms with Gasteiger partial charge < -0.3 is 25.5 Å². The van der Waals surface area contributed by atoms with Gasteiger partial charge in [-0.15, -0.1) is 24.8 Å². The minimum atomic E-state index is -0.267. The van der Waals surface area contributed by atoms with E-state index in [1.807, 2.05) is 18.2 Å². The molecule has 7 nitrogen and oxygen atoms in total. The summed E-state index contributed by atoms with van der Waals surface area (Å²) in [7, 11) is 1.55. The van der Waals surface area contributed by atoms with Crippen molar-refractivity contribution < 1.29 is 14.3 Å². The van der Waals surface area contributed by atoms with E-state index in [1.165, 1.54) is 0 Å². The number of ether oxygens (including phenoxy) is 2. The van der Waals surface area contributed by atoms with Crippen molar-refractivity contribution in [3.05, 3.63) is 24.0 Å². The Morgan fingerprint density at radius 2 is 2.32 bits per heavy atom. The van der Waals surface area contributed by atoms with Crippen molar-refractivity contribution in [1.82, 2.24) is 9.97 Å². The van der Waals surface area contributed by atoms with Crippen molar-refractivity contribution >= 4 is 47.4 Å². The quantitative estimate of drug-likeness (QED) is 0.703. The number of aromatic amines is 1. The van der Waals surface area contributed by atoms with Crippen molar-refractivity contribution in [2.24, 2.45) is 5.73 Å². The van der Waals surface area contributed by atoms with Gasteiger partial charge in [0.15, 0.2) is 0 Å². The maximum atomic E-state index is 12.0. The zero-order valence-electron chi connectivity index (χ0n) is 14.0. The third-order valence-electron chi connectivity index (χ3n) is 4.03. The third-order valence-corrected chi connectivity index (χ3v) is 4.03. The predicted molar refractivity (Wildman–Crippen MR) is 102 cm³/mol. The summed E-state index contributed by atoms with van der Waals surface area (Å²) >= 11 is 0. The molecule has 0 aliphatic carbocycles. The van der Waals surface area contributed by atoms with Crippen LogP contribution in [0.25, 0.3) is 11.0 Å². The highest BCUT2D eigenvalue weighted by Crippen LogP contribution is 2.28. The Balaban J connectivity index is 0.00000156. The molecule has 25 heavy (non-hydrogen) atoms. The Labute approximate surface area is 158 Å². The van der Waals surface area contributed by atoms with Gasteiger partial charge in [-0.05, 0) is 31.0 Å². The second-order valence-electron chi connectivity index (χ2n) is 5.70. The Hall–Kier alpha value is -1.38. The van der Waals surface area contributed by atoms with Gasteiger partial charge in [0.1, 0.15) is 11.9 Å². The number of carbonyl (C=O) groups is 1. The number of fused-ring (bicyclic) bond motifs is 1. The number of nitrogens with zero attached hydrogens (tertiary/aromatic N) is 1. The van der Waals surface area contributed by atoms with E-state index in [0.29, 0.717) is 6.54 Å². The van der Waals surface area contributed by atoms with Gasteiger partial charge in [0.2, 0.25) is 5.91 Å². The van der Waals surface area contributed by atoms with E-state index in [1.54, 1.807) is 7.11 Å². The zero-order valence-corrected chi connectivity index (χ0v) is 15.6. The van der Waals surface area contributed by atoms with E-state index in [4.69, 9.17) is 15.2 Å². The van der Waals surface area contributed by atoms with Gasteiger partial charge in [-0.1, -0.05) is 0 Å². The molecular weight excluding hydrogens is 367 g/mol. The predicted octanol–water partition coefficient (Wildman–Crippen LogP) is 2.56. The van der Waals surface area contributed by atoms with Crippen LogP contribution in [-0.2, 0) is 14.3 Å². The standard InChI is InChI=1S/C16H22N4O3.2ClH/c1-22-11(9-17)8-15(21)18-10-4-5-12-13(7-10)20-16(19-12)14-3-2-6-23-14;;/h4-5,7,11,14H,2-3,6,8-9,17H2,1H3,(H,18,21)(H,19,20);2*1H. The molecule has 0 spiro atoms. The van der Waals surface area contributed by atoms with Gasteiger partial charge in [0.05, 0.1) is 23.6 Å². The number of aromatic nitrogens is 2. The molecule has 1 aromatic heterocycles. The van der Waals surface area contributed by atoms with Gasteiger partial charge >= 0.3 is 0 Å². The summed E-state index contributed by atoms with van der Waals surface area (Å²) < 4.78 is 10.8. The van der Waals surface area contributed by atoms with Gasteiger partial charge in [-0.2, -0.15) is 0 Å². The first-order valence-corrected chi connectivity index (χ1v) is 7.83. The molecule has 3 rings (SSSR count). The summed E-state index contributed by atoms with van der Waals surface area (Å²) in [4.78, 5) is 19.8. The Bertz CT molecular complexity index is 685. The minimum Gasteiger partial charge on any atom is -0.380 e. The maximum absolute atomic E-state index is 12.0. The van der Waals surface area contributed by atoms with E-state index >= 15 is 0 Å². The molecule has 140 valence electrons. The molecule has 1 fully saturated rings. The molecule has 2 unspecified atom stereocenters. The number of halogens is 2. The van der Waals surface area contributed by atoms with E-state index in [9.17, 15) is 4.79 Å². The molecule has 2 atom stereocenters. The Kier molecular flexibility index (Phi) is 8.61. The fraction of sp³-hybridized carbons (Fsp3) is 0.500. The molecule has 0 radical (unpaired) electrons. The molecule has 1 aromatic carbocycles. The molecule has 2 aromatic rings. The van der Waals surface area contributed by atoms with Crippen molar-refractivity contribution in [1.29, 1.82) is 0 Å². The number of nitrogens with two attached hydrogens (primary N) is 1. The van der Waals surface area contributed by atoms with Crippen LogP contribution >= 0.6 is 24.8 Å². The van der Waals surface area contributed by atoms with Crippen molar-refractivity contribution in [2.75, 3.05) is 25.6 Å². The number of anilines is 1. The summed E-state index contributed by atoms with van der Waals surface area (Å²) in [6, 6.07) is 5.60. The van der Waals surface area contributed by atoms with Crippen LogP contribution in [0.4, 0.5) is 5.69 Å². The van der Waals surface area contributed by atoms with E-state index in [2.05, 4.69) is 15.3 Å². The summed E-state index contributed by atoms with van der Waals surface area (Å²) in [5, 5.41) is 2.86. The smallest absolute Gasteiger partial charge is 0.227 e. The Morgan fingerprint density at radius 3 is 2.96 bits per heavy atom.